The molecule has 20 heavy (non-hydrogen) atoms. The third kappa shape index (κ3) is 2.78. The van der Waals surface area contributed by atoms with Crippen molar-refractivity contribution in [1.82, 2.24) is 10.6 Å². The highest BCUT2D eigenvalue weighted by molar-refractivity contribution is 5.80. The largest absolute Gasteiger partial charge is 0.353 e. The molecule has 1 saturated carbocycles. The van der Waals surface area contributed by atoms with Gasteiger partial charge >= 0.3 is 0 Å². The molecule has 1 saturated heterocycles. The average Bonchev–Trinajstić information content (AvgIpc) is 2.85. The van der Waals surface area contributed by atoms with Crippen LogP contribution in [-0.2, 0) is 4.79 Å². The maximum atomic E-state index is 12.6. The zero-order chi connectivity index (χ0) is 14.5. The lowest BCUT2D eigenvalue weighted by Gasteiger charge is -2.46. The SMILES string of the molecule is CC1(C)CC(NC(=O)C2CC3C=CC2C3)CC(C)(C)N1. The molecule has 3 unspecified atom stereocenters. The van der Waals surface area contributed by atoms with E-state index in [0.29, 0.717) is 23.8 Å². The number of carbonyl (C=O) groups excluding carboxylic acids is 1. The number of piperidine rings is 1. The lowest BCUT2D eigenvalue weighted by molar-refractivity contribution is -0.127. The zero-order valence-electron chi connectivity index (χ0n) is 13.2. The van der Waals surface area contributed by atoms with Crippen molar-refractivity contribution >= 4 is 5.91 Å². The predicted molar refractivity (Wildman–Crippen MR) is 81.3 cm³/mol. The lowest BCUT2D eigenvalue weighted by Crippen LogP contribution is -2.62. The molecule has 0 radical (unpaired) electrons. The smallest absolute Gasteiger partial charge is 0.223 e. The molecule has 2 aliphatic carbocycles. The molecule has 2 fully saturated rings. The molecule has 112 valence electrons. The van der Waals surface area contributed by atoms with E-state index in [2.05, 4.69) is 50.5 Å². The van der Waals surface area contributed by atoms with Crippen LogP contribution in [0.2, 0.25) is 0 Å². The maximum Gasteiger partial charge on any atom is 0.223 e. The Morgan fingerprint density at radius 1 is 1.10 bits per heavy atom. The monoisotopic (exact) mass is 276 g/mol. The van der Waals surface area contributed by atoms with E-state index >= 15 is 0 Å². The molecule has 2 bridgehead atoms. The molecule has 3 atom stereocenters. The molecule has 3 nitrogen and oxygen atoms in total. The van der Waals surface area contributed by atoms with E-state index in [4.69, 9.17) is 0 Å². The van der Waals surface area contributed by atoms with Crippen molar-refractivity contribution in [1.29, 1.82) is 0 Å². The van der Waals surface area contributed by atoms with E-state index in [9.17, 15) is 4.79 Å². The second-order valence-corrected chi connectivity index (χ2v) is 8.39. The average molecular weight is 276 g/mol. The molecular formula is C17H28N2O. The second-order valence-electron chi connectivity index (χ2n) is 8.39. The summed E-state index contributed by atoms with van der Waals surface area (Å²) in [6.45, 7) is 8.92. The van der Waals surface area contributed by atoms with Crippen molar-refractivity contribution in [3.8, 4) is 0 Å². The minimum Gasteiger partial charge on any atom is -0.353 e. The number of hydrogen-bond acceptors (Lipinski definition) is 2. The van der Waals surface area contributed by atoms with Crippen molar-refractivity contribution in [3.63, 3.8) is 0 Å². The van der Waals surface area contributed by atoms with E-state index < -0.39 is 0 Å². The fourth-order valence-electron chi connectivity index (χ4n) is 4.81. The van der Waals surface area contributed by atoms with Gasteiger partial charge in [0.25, 0.3) is 0 Å². The Kier molecular flexibility index (Phi) is 3.24. The summed E-state index contributed by atoms with van der Waals surface area (Å²) >= 11 is 0. The Morgan fingerprint density at radius 2 is 1.75 bits per heavy atom. The lowest BCUT2D eigenvalue weighted by atomic mass is 9.79. The van der Waals surface area contributed by atoms with Crippen LogP contribution in [0.1, 0.15) is 53.4 Å². The second kappa shape index (κ2) is 4.59. The van der Waals surface area contributed by atoms with Gasteiger partial charge in [0.05, 0.1) is 0 Å². The van der Waals surface area contributed by atoms with Crippen molar-refractivity contribution in [2.75, 3.05) is 0 Å². The number of fused-ring (bicyclic) bond motifs is 2. The first-order chi connectivity index (χ1) is 9.24. The molecule has 2 N–H and O–H groups in total. The van der Waals surface area contributed by atoms with Crippen molar-refractivity contribution in [3.05, 3.63) is 12.2 Å². The first kappa shape index (κ1) is 14.1. The van der Waals surface area contributed by atoms with Crippen LogP contribution in [0.15, 0.2) is 12.2 Å². The van der Waals surface area contributed by atoms with E-state index in [0.717, 1.165) is 19.3 Å². The number of amides is 1. The third-order valence-corrected chi connectivity index (χ3v) is 5.15. The van der Waals surface area contributed by atoms with Gasteiger partial charge in [-0.3, -0.25) is 4.79 Å². The van der Waals surface area contributed by atoms with Gasteiger partial charge in [-0.25, -0.2) is 0 Å². The van der Waals surface area contributed by atoms with Crippen LogP contribution in [0, 0.1) is 17.8 Å². The fraction of sp³-hybridized carbons (Fsp3) is 0.824. The number of nitrogens with one attached hydrogen (secondary N) is 2. The number of carbonyl (C=O) groups is 1. The van der Waals surface area contributed by atoms with Gasteiger partial charge < -0.3 is 10.6 Å². The van der Waals surface area contributed by atoms with E-state index in [-0.39, 0.29) is 17.0 Å². The summed E-state index contributed by atoms with van der Waals surface area (Å²) in [5, 5.41) is 7.01. The molecule has 0 aromatic carbocycles. The molecule has 0 aromatic rings. The van der Waals surface area contributed by atoms with Crippen molar-refractivity contribution in [2.45, 2.75) is 70.5 Å². The molecule has 0 spiro atoms. The number of hydrogen-bond donors (Lipinski definition) is 2. The summed E-state index contributed by atoms with van der Waals surface area (Å²) in [5.41, 5.74) is 0.183. The number of rotatable bonds is 2. The predicted octanol–water partition coefficient (Wildman–Crippen LogP) is 2.62. The highest BCUT2D eigenvalue weighted by Gasteiger charge is 2.42. The molecule has 1 aliphatic heterocycles. The Bertz CT molecular complexity index is 422. The molecule has 3 rings (SSSR count). The summed E-state index contributed by atoms with van der Waals surface area (Å²) < 4.78 is 0. The van der Waals surface area contributed by atoms with E-state index in [1.54, 1.807) is 0 Å². The highest BCUT2D eigenvalue weighted by Crippen LogP contribution is 2.43. The Labute approximate surface area is 122 Å². The first-order valence-electron chi connectivity index (χ1n) is 8.02. The minimum absolute atomic E-state index is 0.0915. The summed E-state index contributed by atoms with van der Waals surface area (Å²) in [4.78, 5) is 12.6. The summed E-state index contributed by atoms with van der Waals surface area (Å²) in [6, 6.07) is 0.303. The minimum atomic E-state index is 0.0915. The summed E-state index contributed by atoms with van der Waals surface area (Å²) in [6.07, 6.45) is 8.84. The maximum absolute atomic E-state index is 12.6. The third-order valence-electron chi connectivity index (χ3n) is 5.15. The molecule has 1 heterocycles. The topological polar surface area (TPSA) is 41.1 Å². The van der Waals surface area contributed by atoms with Crippen LogP contribution in [0.5, 0.6) is 0 Å². The Morgan fingerprint density at radius 3 is 2.25 bits per heavy atom. The standard InChI is InChI=1S/C17H28N2O/c1-16(2)9-13(10-17(3,4)19-16)18-15(20)14-8-11-5-6-12(14)7-11/h5-6,11-14,19H,7-10H2,1-4H3,(H,18,20). The van der Waals surface area contributed by atoms with Gasteiger partial charge in [-0.2, -0.15) is 0 Å². The van der Waals surface area contributed by atoms with Crippen LogP contribution in [-0.4, -0.2) is 23.0 Å². The summed E-state index contributed by atoms with van der Waals surface area (Å²) in [7, 11) is 0. The van der Waals surface area contributed by atoms with Gasteiger partial charge in [-0.05, 0) is 65.2 Å². The quantitative estimate of drug-likeness (QED) is 0.761. The van der Waals surface area contributed by atoms with E-state index in [1.807, 2.05) is 0 Å². The van der Waals surface area contributed by atoms with Crippen LogP contribution in [0.25, 0.3) is 0 Å². The van der Waals surface area contributed by atoms with Crippen molar-refractivity contribution < 1.29 is 4.79 Å². The van der Waals surface area contributed by atoms with Gasteiger partial charge in [0.1, 0.15) is 0 Å². The molecule has 3 aliphatic rings. The van der Waals surface area contributed by atoms with Gasteiger partial charge in [0.15, 0.2) is 0 Å². The normalized spacial score (nSPS) is 38.1. The first-order valence-corrected chi connectivity index (χ1v) is 8.02. The van der Waals surface area contributed by atoms with Crippen LogP contribution >= 0.6 is 0 Å². The Balaban J connectivity index is 1.62. The van der Waals surface area contributed by atoms with Gasteiger partial charge in [0.2, 0.25) is 5.91 Å². The highest BCUT2D eigenvalue weighted by atomic mass is 16.2. The molecule has 3 heteroatoms. The van der Waals surface area contributed by atoms with E-state index in [1.165, 1.54) is 6.42 Å². The molecule has 0 aromatic heterocycles. The van der Waals surface area contributed by atoms with Gasteiger partial charge in [0, 0.05) is 23.0 Å². The van der Waals surface area contributed by atoms with Gasteiger partial charge in [-0.15, -0.1) is 0 Å². The molecular weight excluding hydrogens is 248 g/mol. The van der Waals surface area contributed by atoms with Crippen molar-refractivity contribution in [2.24, 2.45) is 17.8 Å². The van der Waals surface area contributed by atoms with Crippen LogP contribution in [0.3, 0.4) is 0 Å². The summed E-state index contributed by atoms with van der Waals surface area (Å²) in [5.74, 6) is 1.69. The Hall–Kier alpha value is -0.830. The molecule has 1 amide bonds. The van der Waals surface area contributed by atoms with Gasteiger partial charge in [-0.1, -0.05) is 12.2 Å². The van der Waals surface area contributed by atoms with Crippen LogP contribution in [0.4, 0.5) is 0 Å². The fourth-order valence-corrected chi connectivity index (χ4v) is 4.81. The zero-order valence-corrected chi connectivity index (χ0v) is 13.2. The number of allylic oxidation sites excluding steroid dienone is 2. The van der Waals surface area contributed by atoms with Crippen LogP contribution < -0.4 is 10.6 Å².